The normalized spacial score (nSPS) is 18.3. The van der Waals surface area contributed by atoms with Gasteiger partial charge in [0.2, 0.25) is 0 Å². The van der Waals surface area contributed by atoms with E-state index in [4.69, 9.17) is 0 Å². The van der Waals surface area contributed by atoms with E-state index in [-0.39, 0.29) is 0 Å². The van der Waals surface area contributed by atoms with Gasteiger partial charge in [-0.05, 0) is 0 Å². The van der Waals surface area contributed by atoms with Crippen LogP contribution in [0.4, 0.5) is 0 Å². The zero-order valence-electron chi connectivity index (χ0n) is 17.4. The molecule has 0 aromatic carbocycles. The number of rotatable bonds is 10. The zero-order valence-corrected chi connectivity index (χ0v) is 19.8. The first-order valence-corrected chi connectivity index (χ1v) is 16.6. The van der Waals surface area contributed by atoms with E-state index in [2.05, 4.69) is 55.4 Å². The summed E-state index contributed by atoms with van der Waals surface area (Å²) in [7, 11) is 0. The number of hydrogen-bond acceptors (Lipinski definition) is 0. The molecule has 1 rings (SSSR count). The summed E-state index contributed by atoms with van der Waals surface area (Å²) < 4.78 is 6.81. The van der Waals surface area contributed by atoms with Crippen molar-refractivity contribution in [1.29, 1.82) is 0 Å². The van der Waals surface area contributed by atoms with Crippen molar-refractivity contribution in [2.45, 2.75) is 106 Å². The van der Waals surface area contributed by atoms with E-state index in [1.165, 1.54) is 38.5 Å². The van der Waals surface area contributed by atoms with E-state index in [9.17, 15) is 0 Å². The van der Waals surface area contributed by atoms with Gasteiger partial charge in [0.25, 0.3) is 0 Å². The standard InChI is InChI=1S/C10H15.3C4H9.Zr/c1-7-6-10(4,5)9(3)8(7)2;3*1-3-4-2;/h1-5H3;3*1,3-4H2,2H3;. The molecule has 0 atom stereocenters. The van der Waals surface area contributed by atoms with Gasteiger partial charge >= 0.3 is 152 Å². The summed E-state index contributed by atoms with van der Waals surface area (Å²) in [5.41, 5.74) is 5.34. The third kappa shape index (κ3) is 4.51. The molecule has 0 nitrogen and oxygen atoms in total. The van der Waals surface area contributed by atoms with E-state index >= 15 is 0 Å². The third-order valence-electron chi connectivity index (χ3n) is 6.62. The molecule has 0 aromatic rings. The van der Waals surface area contributed by atoms with Gasteiger partial charge in [0.15, 0.2) is 0 Å². The van der Waals surface area contributed by atoms with Gasteiger partial charge < -0.3 is 0 Å². The van der Waals surface area contributed by atoms with Crippen LogP contribution in [-0.2, 0) is 20.3 Å². The molecule has 1 aliphatic carbocycles. The molecule has 0 saturated carbocycles. The SMILES string of the molecule is CCC[CH2][Zr]([CH2]CCC)([CH2]CCC)[C]1=C(C)C(C)=C(C)C1(C)C. The van der Waals surface area contributed by atoms with Crippen molar-refractivity contribution in [2.24, 2.45) is 5.41 Å². The summed E-state index contributed by atoms with van der Waals surface area (Å²) >= 11 is -2.30. The van der Waals surface area contributed by atoms with Gasteiger partial charge in [0.05, 0.1) is 0 Å². The van der Waals surface area contributed by atoms with Gasteiger partial charge in [-0.3, -0.25) is 0 Å². The molecule has 0 aliphatic heterocycles. The molecular formula is C22H42Zr. The van der Waals surface area contributed by atoms with Gasteiger partial charge in [-0.1, -0.05) is 0 Å². The minimum absolute atomic E-state index is 0.347. The van der Waals surface area contributed by atoms with Crippen molar-refractivity contribution in [3.63, 3.8) is 0 Å². The van der Waals surface area contributed by atoms with Gasteiger partial charge in [-0.15, -0.1) is 0 Å². The molecule has 23 heavy (non-hydrogen) atoms. The Hall–Kier alpha value is 0.363. The molecule has 0 heterocycles. The first-order valence-electron chi connectivity index (χ1n) is 10.2. The van der Waals surface area contributed by atoms with Crippen LogP contribution in [0.2, 0.25) is 12.4 Å². The second-order valence-corrected chi connectivity index (χ2v) is 19.7. The Kier molecular flexibility index (Phi) is 8.53. The van der Waals surface area contributed by atoms with Crippen LogP contribution in [0.3, 0.4) is 0 Å². The topological polar surface area (TPSA) is 0 Å². The fourth-order valence-electron chi connectivity index (χ4n) is 4.95. The predicted octanol–water partition coefficient (Wildman–Crippen LogP) is 8.45. The van der Waals surface area contributed by atoms with Gasteiger partial charge in [0.1, 0.15) is 0 Å². The van der Waals surface area contributed by atoms with Crippen molar-refractivity contribution in [3.05, 3.63) is 20.0 Å². The van der Waals surface area contributed by atoms with Crippen molar-refractivity contribution in [3.8, 4) is 0 Å². The van der Waals surface area contributed by atoms with Crippen LogP contribution in [-0.4, -0.2) is 0 Å². The van der Waals surface area contributed by atoms with E-state index in [0.717, 1.165) is 0 Å². The monoisotopic (exact) mass is 396 g/mol. The molecule has 0 radical (unpaired) electrons. The molecule has 0 amide bonds. The second kappa shape index (κ2) is 9.17. The molecule has 1 heteroatoms. The number of unbranched alkanes of at least 4 members (excludes halogenated alkanes) is 3. The molecule has 0 spiro atoms. The van der Waals surface area contributed by atoms with Crippen LogP contribution in [0, 0.1) is 5.41 Å². The van der Waals surface area contributed by atoms with E-state index in [1.54, 1.807) is 29.1 Å². The molecule has 0 saturated heterocycles. The maximum atomic E-state index is 2.53. The van der Waals surface area contributed by atoms with Gasteiger partial charge in [-0.2, -0.15) is 0 Å². The van der Waals surface area contributed by atoms with Crippen molar-refractivity contribution >= 4 is 0 Å². The Morgan fingerprint density at radius 1 is 0.696 bits per heavy atom. The third-order valence-corrected chi connectivity index (χ3v) is 21.3. The fourth-order valence-corrected chi connectivity index (χ4v) is 22.4. The maximum absolute atomic E-state index is 2.53. The van der Waals surface area contributed by atoms with Crippen LogP contribution in [0.15, 0.2) is 20.0 Å². The quantitative estimate of drug-likeness (QED) is 0.347. The average Bonchev–Trinajstić information content (AvgIpc) is 2.68. The van der Waals surface area contributed by atoms with Crippen molar-refractivity contribution in [1.82, 2.24) is 0 Å². The van der Waals surface area contributed by atoms with Crippen LogP contribution in [0.1, 0.15) is 93.9 Å². The Morgan fingerprint density at radius 2 is 1.09 bits per heavy atom. The Bertz CT molecular complexity index is 429. The summed E-state index contributed by atoms with van der Waals surface area (Å²) in [5, 5.41) is 0. The summed E-state index contributed by atoms with van der Waals surface area (Å²) in [5.74, 6) is 0. The minimum atomic E-state index is -2.30. The van der Waals surface area contributed by atoms with E-state index < -0.39 is 20.3 Å². The summed E-state index contributed by atoms with van der Waals surface area (Å²) in [4.78, 5) is 0. The zero-order chi connectivity index (χ0) is 17.7. The predicted molar refractivity (Wildman–Crippen MR) is 104 cm³/mol. The van der Waals surface area contributed by atoms with Crippen LogP contribution in [0.5, 0.6) is 0 Å². The molecule has 0 bridgehead atoms. The van der Waals surface area contributed by atoms with Gasteiger partial charge in [-0.25, -0.2) is 0 Å². The van der Waals surface area contributed by atoms with E-state index in [0.29, 0.717) is 5.41 Å². The number of hydrogen-bond donors (Lipinski definition) is 0. The van der Waals surface area contributed by atoms with E-state index in [1.807, 2.05) is 3.28 Å². The first kappa shape index (κ1) is 21.4. The van der Waals surface area contributed by atoms with Crippen LogP contribution in [0.25, 0.3) is 0 Å². The summed E-state index contributed by atoms with van der Waals surface area (Å²) in [6, 6.07) is 0. The molecule has 0 unspecified atom stereocenters. The van der Waals surface area contributed by atoms with Crippen molar-refractivity contribution in [2.75, 3.05) is 0 Å². The van der Waals surface area contributed by atoms with Crippen molar-refractivity contribution < 1.29 is 20.3 Å². The Labute approximate surface area is 151 Å². The molecule has 134 valence electrons. The summed E-state index contributed by atoms with van der Waals surface area (Å²) in [6.45, 7) is 19.5. The fraction of sp³-hybridized carbons (Fsp3) is 0.818. The number of allylic oxidation sites excluding steroid dienone is 4. The second-order valence-electron chi connectivity index (χ2n) is 8.47. The molecule has 1 aliphatic rings. The first-order chi connectivity index (χ1) is 10.8. The molecule has 0 N–H and O–H groups in total. The van der Waals surface area contributed by atoms with Crippen LogP contribution >= 0.6 is 0 Å². The van der Waals surface area contributed by atoms with Gasteiger partial charge in [0, 0.05) is 0 Å². The molecule has 0 fully saturated rings. The summed E-state index contributed by atoms with van der Waals surface area (Å²) in [6.07, 6.45) is 8.51. The van der Waals surface area contributed by atoms with Crippen LogP contribution < -0.4 is 0 Å². The Balaban J connectivity index is 3.36. The molecule has 0 aromatic heterocycles. The molecular weight excluding hydrogens is 355 g/mol. The Morgan fingerprint density at radius 3 is 1.35 bits per heavy atom. The average molecular weight is 398 g/mol.